The Morgan fingerprint density at radius 2 is 1.72 bits per heavy atom. The minimum Gasteiger partial charge on any atom is -0.388 e. The van der Waals surface area contributed by atoms with Crippen LogP contribution in [0, 0.1) is 5.92 Å². The molecule has 102 valence electrons. The van der Waals surface area contributed by atoms with Crippen LogP contribution in [0.15, 0.2) is 30.3 Å². The second-order valence-corrected chi connectivity index (χ2v) is 5.19. The number of aliphatic hydroxyl groups is 1. The quantitative estimate of drug-likeness (QED) is 0.907. The molecular weight excluding hydrogens is 246 g/mol. The predicted octanol–water partition coefficient (Wildman–Crippen LogP) is 3.26. The van der Waals surface area contributed by atoms with Crippen LogP contribution >= 0.6 is 12.4 Å². The molecule has 2 rings (SSSR count). The summed E-state index contributed by atoms with van der Waals surface area (Å²) in [6.45, 7) is 5.56. The summed E-state index contributed by atoms with van der Waals surface area (Å²) in [5.41, 5.74) is 1.04. The van der Waals surface area contributed by atoms with Crippen LogP contribution in [-0.4, -0.2) is 29.6 Å². The topological polar surface area (TPSA) is 23.5 Å². The number of halogens is 1. The van der Waals surface area contributed by atoms with Gasteiger partial charge in [0, 0.05) is 6.54 Å². The lowest BCUT2D eigenvalue weighted by atomic mass is 9.96. The van der Waals surface area contributed by atoms with Crippen LogP contribution in [0.3, 0.4) is 0 Å². The van der Waals surface area contributed by atoms with Gasteiger partial charge in [-0.25, -0.2) is 0 Å². The van der Waals surface area contributed by atoms with Crippen molar-refractivity contribution in [1.82, 2.24) is 4.90 Å². The van der Waals surface area contributed by atoms with Crippen molar-refractivity contribution in [2.24, 2.45) is 5.92 Å². The van der Waals surface area contributed by atoms with Crippen molar-refractivity contribution in [2.45, 2.75) is 32.3 Å². The Labute approximate surface area is 116 Å². The fourth-order valence-electron chi connectivity index (χ4n) is 2.63. The summed E-state index contributed by atoms with van der Waals surface area (Å²) in [5, 5.41) is 10.3. The van der Waals surface area contributed by atoms with Gasteiger partial charge in [0.05, 0.1) is 6.10 Å². The number of aliphatic hydroxyl groups excluding tert-OH is 1. The average Bonchev–Trinajstić information content (AvgIpc) is 2.40. The molecule has 1 aromatic rings. The van der Waals surface area contributed by atoms with E-state index in [1.807, 2.05) is 30.3 Å². The Hall–Kier alpha value is -0.570. The summed E-state index contributed by atoms with van der Waals surface area (Å²) in [6, 6.07) is 10.00. The Morgan fingerprint density at radius 3 is 2.33 bits per heavy atom. The highest BCUT2D eigenvalue weighted by atomic mass is 35.5. The summed E-state index contributed by atoms with van der Waals surface area (Å²) in [4.78, 5) is 2.49. The van der Waals surface area contributed by atoms with Crippen molar-refractivity contribution in [1.29, 1.82) is 0 Å². The maximum absolute atomic E-state index is 10.3. The molecular formula is C15H24ClNO. The Bertz CT molecular complexity index is 325. The van der Waals surface area contributed by atoms with Gasteiger partial charge in [0.1, 0.15) is 0 Å². The molecule has 0 aliphatic carbocycles. The molecule has 0 unspecified atom stereocenters. The first-order valence-corrected chi connectivity index (χ1v) is 6.73. The lowest BCUT2D eigenvalue weighted by molar-refractivity contribution is 0.0820. The smallest absolute Gasteiger partial charge is 0.0827 e. The van der Waals surface area contributed by atoms with E-state index in [0.29, 0.717) is 5.92 Å². The highest BCUT2D eigenvalue weighted by molar-refractivity contribution is 5.85. The van der Waals surface area contributed by atoms with Crippen LogP contribution in [0.4, 0.5) is 0 Å². The first-order chi connectivity index (χ1) is 8.27. The third-order valence-electron chi connectivity index (χ3n) is 3.67. The molecule has 0 aromatic heterocycles. The summed E-state index contributed by atoms with van der Waals surface area (Å²) in [7, 11) is 0. The maximum Gasteiger partial charge on any atom is 0.0827 e. The zero-order valence-electron chi connectivity index (χ0n) is 11.1. The fraction of sp³-hybridized carbons (Fsp3) is 0.600. The molecule has 0 bridgehead atoms. The highest BCUT2D eigenvalue weighted by Crippen LogP contribution is 2.23. The van der Waals surface area contributed by atoms with Gasteiger partial charge < -0.3 is 10.0 Å². The minimum absolute atomic E-state index is 0. The molecule has 0 amide bonds. The van der Waals surface area contributed by atoms with Crippen molar-refractivity contribution in [3.8, 4) is 0 Å². The van der Waals surface area contributed by atoms with E-state index < -0.39 is 0 Å². The monoisotopic (exact) mass is 269 g/mol. The van der Waals surface area contributed by atoms with E-state index in [1.165, 1.54) is 32.4 Å². The van der Waals surface area contributed by atoms with E-state index >= 15 is 0 Å². The number of rotatable bonds is 4. The second kappa shape index (κ2) is 7.78. The maximum atomic E-state index is 10.3. The van der Waals surface area contributed by atoms with E-state index in [9.17, 15) is 5.11 Å². The molecule has 1 fully saturated rings. The van der Waals surface area contributed by atoms with Crippen LogP contribution in [0.25, 0.3) is 0 Å². The fourth-order valence-corrected chi connectivity index (χ4v) is 2.63. The summed E-state index contributed by atoms with van der Waals surface area (Å²) < 4.78 is 0. The third kappa shape index (κ3) is 4.27. The lowest BCUT2D eigenvalue weighted by Gasteiger charge is -2.31. The van der Waals surface area contributed by atoms with Gasteiger partial charge >= 0.3 is 0 Å². The molecule has 3 heteroatoms. The SMILES string of the molecule is C[C@@H](CN1CCCCC1)[C@H](O)c1ccccc1.Cl. The normalized spacial score (nSPS) is 19.9. The number of benzene rings is 1. The van der Waals surface area contributed by atoms with Crippen LogP contribution in [-0.2, 0) is 0 Å². The van der Waals surface area contributed by atoms with Crippen molar-refractivity contribution < 1.29 is 5.11 Å². The van der Waals surface area contributed by atoms with Gasteiger partial charge in [-0.2, -0.15) is 0 Å². The van der Waals surface area contributed by atoms with Crippen LogP contribution in [0.2, 0.25) is 0 Å². The van der Waals surface area contributed by atoms with Crippen molar-refractivity contribution in [2.75, 3.05) is 19.6 Å². The standard InChI is InChI=1S/C15H23NO.ClH/c1-13(12-16-10-6-3-7-11-16)15(17)14-8-4-2-5-9-14;/h2,4-5,8-9,13,15,17H,3,6-7,10-12H2,1H3;1H/t13-,15-;/m0./s1. The predicted molar refractivity (Wildman–Crippen MR) is 78.1 cm³/mol. The van der Waals surface area contributed by atoms with Gasteiger partial charge in [-0.3, -0.25) is 0 Å². The van der Waals surface area contributed by atoms with Crippen molar-refractivity contribution in [3.05, 3.63) is 35.9 Å². The van der Waals surface area contributed by atoms with Crippen LogP contribution < -0.4 is 0 Å². The molecule has 1 N–H and O–H groups in total. The highest BCUT2D eigenvalue weighted by Gasteiger charge is 2.20. The first kappa shape index (κ1) is 15.5. The average molecular weight is 270 g/mol. The summed E-state index contributed by atoms with van der Waals surface area (Å²) in [5.74, 6) is 0.301. The lowest BCUT2D eigenvalue weighted by Crippen LogP contribution is -2.35. The van der Waals surface area contributed by atoms with Gasteiger partial charge in [-0.05, 0) is 37.4 Å². The summed E-state index contributed by atoms with van der Waals surface area (Å²) in [6.07, 6.45) is 3.66. The zero-order chi connectivity index (χ0) is 12.1. The molecule has 1 heterocycles. The third-order valence-corrected chi connectivity index (χ3v) is 3.67. The van der Waals surface area contributed by atoms with Gasteiger partial charge in [-0.15, -0.1) is 12.4 Å². The Kier molecular flexibility index (Phi) is 6.69. The van der Waals surface area contributed by atoms with Gasteiger partial charge in [0.2, 0.25) is 0 Å². The van der Waals surface area contributed by atoms with Crippen LogP contribution in [0.1, 0.15) is 37.9 Å². The molecule has 0 spiro atoms. The molecule has 0 radical (unpaired) electrons. The molecule has 2 nitrogen and oxygen atoms in total. The molecule has 18 heavy (non-hydrogen) atoms. The molecule has 0 saturated carbocycles. The molecule has 1 aromatic carbocycles. The minimum atomic E-state index is -0.335. The molecule has 1 aliphatic heterocycles. The van der Waals surface area contributed by atoms with E-state index in [2.05, 4.69) is 11.8 Å². The van der Waals surface area contributed by atoms with Crippen molar-refractivity contribution in [3.63, 3.8) is 0 Å². The number of piperidine rings is 1. The number of hydrogen-bond acceptors (Lipinski definition) is 2. The van der Waals surface area contributed by atoms with Crippen LogP contribution in [0.5, 0.6) is 0 Å². The number of nitrogens with zero attached hydrogens (tertiary/aromatic N) is 1. The molecule has 2 atom stereocenters. The largest absolute Gasteiger partial charge is 0.388 e. The van der Waals surface area contributed by atoms with E-state index in [1.54, 1.807) is 0 Å². The van der Waals surface area contributed by atoms with E-state index in [0.717, 1.165) is 12.1 Å². The van der Waals surface area contributed by atoms with E-state index in [4.69, 9.17) is 0 Å². The second-order valence-electron chi connectivity index (χ2n) is 5.19. The molecule has 1 aliphatic rings. The number of likely N-dealkylation sites (tertiary alicyclic amines) is 1. The molecule has 1 saturated heterocycles. The number of hydrogen-bond donors (Lipinski definition) is 1. The van der Waals surface area contributed by atoms with Gasteiger partial charge in [0.15, 0.2) is 0 Å². The zero-order valence-corrected chi connectivity index (χ0v) is 11.9. The van der Waals surface area contributed by atoms with Gasteiger partial charge in [0.25, 0.3) is 0 Å². The Morgan fingerprint density at radius 1 is 1.11 bits per heavy atom. The van der Waals surface area contributed by atoms with Crippen molar-refractivity contribution >= 4 is 12.4 Å². The summed E-state index contributed by atoms with van der Waals surface area (Å²) >= 11 is 0. The Balaban J connectivity index is 0.00000162. The van der Waals surface area contributed by atoms with E-state index in [-0.39, 0.29) is 18.5 Å². The van der Waals surface area contributed by atoms with Gasteiger partial charge in [-0.1, -0.05) is 43.7 Å². The first-order valence-electron chi connectivity index (χ1n) is 6.73.